The number of likely N-dealkylation sites (tertiary alicyclic amines) is 1. The zero-order chi connectivity index (χ0) is 16.9. The molecule has 1 heterocycles. The van der Waals surface area contributed by atoms with E-state index in [1.54, 1.807) is 12.0 Å². The monoisotopic (exact) mass is 318 g/mol. The molecular weight excluding hydrogens is 292 g/mol. The van der Waals surface area contributed by atoms with Gasteiger partial charge in [-0.1, -0.05) is 19.1 Å². The zero-order valence-corrected chi connectivity index (χ0v) is 14.0. The van der Waals surface area contributed by atoms with E-state index in [4.69, 9.17) is 10.5 Å². The fourth-order valence-electron chi connectivity index (χ4n) is 3.21. The summed E-state index contributed by atoms with van der Waals surface area (Å²) in [6, 6.07) is 7.75. The minimum atomic E-state index is -0.548. The third-order valence-corrected chi connectivity index (χ3v) is 4.92. The van der Waals surface area contributed by atoms with Crippen molar-refractivity contribution in [1.82, 2.24) is 4.90 Å². The molecular formula is C18H26N2O3. The van der Waals surface area contributed by atoms with E-state index >= 15 is 0 Å². The van der Waals surface area contributed by atoms with E-state index in [1.165, 1.54) is 0 Å². The summed E-state index contributed by atoms with van der Waals surface area (Å²) in [5.74, 6) is 0.623. The van der Waals surface area contributed by atoms with Crippen molar-refractivity contribution in [2.75, 3.05) is 20.2 Å². The average molecular weight is 318 g/mol. The van der Waals surface area contributed by atoms with Crippen LogP contribution in [0.15, 0.2) is 24.3 Å². The molecule has 1 aromatic carbocycles. The number of hydrogen-bond donors (Lipinski definition) is 1. The number of hydrogen-bond acceptors (Lipinski definition) is 3. The van der Waals surface area contributed by atoms with Crippen molar-refractivity contribution in [1.29, 1.82) is 0 Å². The molecule has 5 nitrogen and oxygen atoms in total. The molecule has 1 unspecified atom stereocenters. The van der Waals surface area contributed by atoms with Gasteiger partial charge in [-0.25, -0.2) is 0 Å². The first-order valence-electron chi connectivity index (χ1n) is 8.21. The molecule has 0 radical (unpaired) electrons. The molecule has 1 fully saturated rings. The third kappa shape index (κ3) is 4.03. The smallest absolute Gasteiger partial charge is 0.225 e. The fourth-order valence-corrected chi connectivity index (χ4v) is 3.21. The van der Waals surface area contributed by atoms with Gasteiger partial charge in [0.25, 0.3) is 0 Å². The largest absolute Gasteiger partial charge is 0.497 e. The van der Waals surface area contributed by atoms with Crippen LogP contribution in [-0.2, 0) is 16.0 Å². The molecule has 1 atom stereocenters. The quantitative estimate of drug-likeness (QED) is 0.873. The van der Waals surface area contributed by atoms with Crippen LogP contribution >= 0.6 is 0 Å². The van der Waals surface area contributed by atoms with E-state index in [9.17, 15) is 9.59 Å². The summed E-state index contributed by atoms with van der Waals surface area (Å²) in [4.78, 5) is 26.1. The number of nitrogens with zero attached hydrogens (tertiary/aromatic N) is 1. The minimum Gasteiger partial charge on any atom is -0.497 e. The van der Waals surface area contributed by atoms with Gasteiger partial charge in [0.2, 0.25) is 11.8 Å². The Balaban J connectivity index is 1.93. The van der Waals surface area contributed by atoms with E-state index in [0.29, 0.717) is 25.8 Å². The Labute approximate surface area is 137 Å². The van der Waals surface area contributed by atoms with Crippen molar-refractivity contribution in [3.63, 3.8) is 0 Å². The van der Waals surface area contributed by atoms with Crippen LogP contribution in [0.25, 0.3) is 0 Å². The summed E-state index contributed by atoms with van der Waals surface area (Å²) >= 11 is 0. The number of benzene rings is 1. The number of rotatable bonds is 6. The van der Waals surface area contributed by atoms with E-state index < -0.39 is 5.41 Å². The minimum absolute atomic E-state index is 0.0968. The highest BCUT2D eigenvalue weighted by atomic mass is 16.5. The van der Waals surface area contributed by atoms with Gasteiger partial charge in [-0.15, -0.1) is 0 Å². The normalized spacial score (nSPS) is 21.0. The van der Waals surface area contributed by atoms with E-state index in [0.717, 1.165) is 30.7 Å². The van der Waals surface area contributed by atoms with Crippen LogP contribution in [0.2, 0.25) is 0 Å². The number of primary amides is 1. The molecule has 1 saturated heterocycles. The van der Waals surface area contributed by atoms with Crippen LogP contribution in [0, 0.1) is 5.41 Å². The molecule has 0 aliphatic carbocycles. The predicted molar refractivity (Wildman–Crippen MR) is 89.0 cm³/mol. The van der Waals surface area contributed by atoms with E-state index in [2.05, 4.69) is 0 Å². The molecule has 2 rings (SSSR count). The number of methoxy groups -OCH3 is 1. The van der Waals surface area contributed by atoms with Crippen molar-refractivity contribution in [3.8, 4) is 5.75 Å². The number of amides is 2. The Kier molecular flexibility index (Phi) is 5.64. The van der Waals surface area contributed by atoms with Gasteiger partial charge in [-0.05, 0) is 43.4 Å². The van der Waals surface area contributed by atoms with Gasteiger partial charge >= 0.3 is 0 Å². The standard InChI is InChI=1S/C18H26N2O3/c1-3-18(17(19)22)11-4-12-20(13-18)16(21)10-7-14-5-8-15(23-2)9-6-14/h5-6,8-9H,3-4,7,10-13H2,1-2H3,(H2,19,22). The van der Waals surface area contributed by atoms with Gasteiger partial charge in [0, 0.05) is 19.5 Å². The van der Waals surface area contributed by atoms with Crippen LogP contribution in [0.3, 0.4) is 0 Å². The molecule has 1 aliphatic rings. The second kappa shape index (κ2) is 7.49. The van der Waals surface area contributed by atoms with Crippen molar-refractivity contribution < 1.29 is 14.3 Å². The average Bonchev–Trinajstić information content (AvgIpc) is 2.59. The molecule has 1 aliphatic heterocycles. The van der Waals surface area contributed by atoms with Crippen molar-refractivity contribution in [3.05, 3.63) is 29.8 Å². The van der Waals surface area contributed by atoms with Crippen molar-refractivity contribution >= 4 is 11.8 Å². The van der Waals surface area contributed by atoms with Crippen molar-refractivity contribution in [2.45, 2.75) is 39.0 Å². The number of carbonyl (C=O) groups excluding carboxylic acids is 2. The van der Waals surface area contributed by atoms with Gasteiger partial charge in [0.05, 0.1) is 12.5 Å². The summed E-state index contributed by atoms with van der Waals surface area (Å²) in [6.45, 7) is 3.15. The number of nitrogens with two attached hydrogens (primary N) is 1. The van der Waals surface area contributed by atoms with Gasteiger partial charge < -0.3 is 15.4 Å². The third-order valence-electron chi connectivity index (χ3n) is 4.92. The van der Waals surface area contributed by atoms with Crippen molar-refractivity contribution in [2.24, 2.45) is 11.1 Å². The zero-order valence-electron chi connectivity index (χ0n) is 14.0. The highest BCUT2D eigenvalue weighted by Crippen LogP contribution is 2.33. The van der Waals surface area contributed by atoms with E-state index in [1.807, 2.05) is 31.2 Å². The summed E-state index contributed by atoms with van der Waals surface area (Å²) in [7, 11) is 1.63. The van der Waals surface area contributed by atoms with Gasteiger partial charge in [-0.2, -0.15) is 0 Å². The Hall–Kier alpha value is -2.04. The molecule has 0 aromatic heterocycles. The number of carbonyl (C=O) groups is 2. The summed E-state index contributed by atoms with van der Waals surface area (Å²) in [5, 5.41) is 0. The molecule has 0 spiro atoms. The summed E-state index contributed by atoms with van der Waals surface area (Å²) in [6.07, 6.45) is 3.44. The molecule has 126 valence electrons. The molecule has 23 heavy (non-hydrogen) atoms. The van der Waals surface area contributed by atoms with Crippen LogP contribution < -0.4 is 10.5 Å². The second-order valence-electron chi connectivity index (χ2n) is 6.27. The highest BCUT2D eigenvalue weighted by molar-refractivity contribution is 5.83. The lowest BCUT2D eigenvalue weighted by molar-refractivity contribution is -0.140. The maximum absolute atomic E-state index is 12.5. The maximum Gasteiger partial charge on any atom is 0.225 e. The predicted octanol–water partition coefficient (Wildman–Crippen LogP) is 2.13. The van der Waals surface area contributed by atoms with Crippen LogP contribution in [0.4, 0.5) is 0 Å². The molecule has 1 aromatic rings. The van der Waals surface area contributed by atoms with Gasteiger partial charge in [-0.3, -0.25) is 9.59 Å². The summed E-state index contributed by atoms with van der Waals surface area (Å²) in [5.41, 5.74) is 6.14. The topological polar surface area (TPSA) is 72.6 Å². The molecule has 0 saturated carbocycles. The molecule has 0 bridgehead atoms. The lowest BCUT2D eigenvalue weighted by Crippen LogP contribution is -2.51. The fraction of sp³-hybridized carbons (Fsp3) is 0.556. The lowest BCUT2D eigenvalue weighted by atomic mass is 9.77. The number of ether oxygens (including phenoxy) is 1. The van der Waals surface area contributed by atoms with E-state index in [-0.39, 0.29) is 11.8 Å². The van der Waals surface area contributed by atoms with Gasteiger partial charge in [0.15, 0.2) is 0 Å². The first-order chi connectivity index (χ1) is 11.0. The number of piperidine rings is 1. The molecule has 2 N–H and O–H groups in total. The maximum atomic E-state index is 12.5. The molecule has 5 heteroatoms. The highest BCUT2D eigenvalue weighted by Gasteiger charge is 2.40. The first-order valence-corrected chi connectivity index (χ1v) is 8.21. The molecule has 2 amide bonds. The SMILES string of the molecule is CCC1(C(N)=O)CCCN(C(=O)CCc2ccc(OC)cc2)C1. The Morgan fingerprint density at radius 2 is 2.00 bits per heavy atom. The summed E-state index contributed by atoms with van der Waals surface area (Å²) < 4.78 is 5.13. The Morgan fingerprint density at radius 1 is 1.30 bits per heavy atom. The van der Waals surface area contributed by atoms with Crippen LogP contribution in [0.1, 0.15) is 38.2 Å². The number of aryl methyl sites for hydroxylation is 1. The lowest BCUT2D eigenvalue weighted by Gasteiger charge is -2.40. The first kappa shape index (κ1) is 17.3. The Bertz CT molecular complexity index is 556. The van der Waals surface area contributed by atoms with Crippen LogP contribution in [0.5, 0.6) is 5.75 Å². The van der Waals surface area contributed by atoms with Gasteiger partial charge in [0.1, 0.15) is 5.75 Å². The Morgan fingerprint density at radius 3 is 2.57 bits per heavy atom. The second-order valence-corrected chi connectivity index (χ2v) is 6.27. The van der Waals surface area contributed by atoms with Crippen LogP contribution in [-0.4, -0.2) is 36.9 Å².